The molecule has 0 spiro atoms. The zero-order chi connectivity index (χ0) is 19.1. The Hall–Kier alpha value is -1.79. The molecule has 144 valence electrons. The van der Waals surface area contributed by atoms with Crippen LogP contribution in [0.15, 0.2) is 18.2 Å². The largest absolute Gasteiger partial charge is 0.495 e. The molecular formula is C19H29ClN3O3+. The average molecular weight is 383 g/mol. The minimum absolute atomic E-state index is 0.00520. The zero-order valence-electron chi connectivity index (χ0n) is 15.7. The Morgan fingerprint density at radius 3 is 2.62 bits per heavy atom. The van der Waals surface area contributed by atoms with Crippen molar-refractivity contribution in [1.82, 2.24) is 5.32 Å². The lowest BCUT2D eigenvalue weighted by Crippen LogP contribution is -3.11. The molecule has 0 radical (unpaired) electrons. The van der Waals surface area contributed by atoms with Crippen molar-refractivity contribution in [3.63, 3.8) is 0 Å². The first kappa shape index (κ1) is 20.5. The molecule has 1 aliphatic rings. The highest BCUT2D eigenvalue weighted by Crippen LogP contribution is 2.27. The van der Waals surface area contributed by atoms with Crippen LogP contribution in [0.1, 0.15) is 32.6 Å². The van der Waals surface area contributed by atoms with Crippen LogP contribution >= 0.6 is 11.6 Å². The van der Waals surface area contributed by atoms with E-state index in [9.17, 15) is 9.59 Å². The summed E-state index contributed by atoms with van der Waals surface area (Å²) in [4.78, 5) is 25.3. The van der Waals surface area contributed by atoms with Crippen molar-refractivity contribution in [2.75, 3.05) is 32.6 Å². The highest BCUT2D eigenvalue weighted by molar-refractivity contribution is 6.31. The summed E-state index contributed by atoms with van der Waals surface area (Å²) in [5.41, 5.74) is 0.526. The van der Waals surface area contributed by atoms with Gasteiger partial charge in [-0.25, -0.2) is 0 Å². The molecule has 1 unspecified atom stereocenters. The number of ether oxygens (including phenoxy) is 1. The highest BCUT2D eigenvalue weighted by atomic mass is 35.5. The van der Waals surface area contributed by atoms with Crippen LogP contribution < -0.4 is 20.3 Å². The summed E-state index contributed by atoms with van der Waals surface area (Å²) in [5, 5.41) is 6.43. The summed E-state index contributed by atoms with van der Waals surface area (Å²) in [6.07, 6.45) is 4.62. The van der Waals surface area contributed by atoms with Crippen LogP contribution in [-0.4, -0.2) is 45.1 Å². The van der Waals surface area contributed by atoms with Crippen LogP contribution in [0.5, 0.6) is 5.75 Å². The van der Waals surface area contributed by atoms with Gasteiger partial charge in [0.05, 0.1) is 19.8 Å². The van der Waals surface area contributed by atoms with Gasteiger partial charge >= 0.3 is 0 Å². The third kappa shape index (κ3) is 6.18. The Labute approximate surface area is 160 Å². The van der Waals surface area contributed by atoms with Gasteiger partial charge in [0.1, 0.15) is 5.75 Å². The molecule has 0 aliphatic heterocycles. The number of methoxy groups -OCH3 is 1. The third-order valence-corrected chi connectivity index (χ3v) is 5.05. The second-order valence-electron chi connectivity index (χ2n) is 7.14. The monoisotopic (exact) mass is 382 g/mol. The zero-order valence-corrected chi connectivity index (χ0v) is 16.5. The number of anilines is 1. The fraction of sp³-hybridized carbons (Fsp3) is 0.579. The molecule has 0 aromatic heterocycles. The topological polar surface area (TPSA) is 71.9 Å². The van der Waals surface area contributed by atoms with Gasteiger partial charge < -0.3 is 20.3 Å². The van der Waals surface area contributed by atoms with Gasteiger partial charge in [-0.1, -0.05) is 31.4 Å². The van der Waals surface area contributed by atoms with Crippen LogP contribution in [0.25, 0.3) is 0 Å². The quantitative estimate of drug-likeness (QED) is 0.669. The van der Waals surface area contributed by atoms with Gasteiger partial charge in [0, 0.05) is 11.1 Å². The van der Waals surface area contributed by atoms with Crippen molar-refractivity contribution >= 4 is 29.1 Å². The number of nitrogens with one attached hydrogen (secondary N) is 3. The Balaban J connectivity index is 1.81. The summed E-state index contributed by atoms with van der Waals surface area (Å²) in [7, 11) is 3.37. The highest BCUT2D eigenvalue weighted by Gasteiger charge is 2.24. The minimum atomic E-state index is -0.193. The Bertz CT molecular complexity index is 638. The van der Waals surface area contributed by atoms with Gasteiger partial charge in [0.15, 0.2) is 13.1 Å². The molecule has 3 N–H and O–H groups in total. The maximum atomic E-state index is 12.3. The van der Waals surface area contributed by atoms with E-state index in [4.69, 9.17) is 16.3 Å². The second-order valence-corrected chi connectivity index (χ2v) is 7.58. The van der Waals surface area contributed by atoms with Crippen molar-refractivity contribution in [3.05, 3.63) is 23.2 Å². The number of quaternary nitrogens is 1. The Kier molecular flexibility index (Phi) is 7.72. The number of hydrogen-bond donors (Lipinski definition) is 3. The molecule has 1 aromatic carbocycles. The number of hydrogen-bond acceptors (Lipinski definition) is 3. The van der Waals surface area contributed by atoms with E-state index in [1.54, 1.807) is 18.2 Å². The molecule has 0 heterocycles. The summed E-state index contributed by atoms with van der Waals surface area (Å²) in [5.74, 6) is 0.868. The van der Waals surface area contributed by atoms with Gasteiger partial charge in [-0.2, -0.15) is 0 Å². The van der Waals surface area contributed by atoms with Gasteiger partial charge in [-0.05, 0) is 37.0 Å². The molecule has 1 aromatic rings. The maximum absolute atomic E-state index is 12.3. The number of carbonyl (C=O) groups excluding carboxylic acids is 2. The summed E-state index contributed by atoms with van der Waals surface area (Å²) < 4.78 is 5.22. The number of carbonyl (C=O) groups is 2. The van der Waals surface area contributed by atoms with E-state index in [0.717, 1.165) is 17.7 Å². The van der Waals surface area contributed by atoms with Crippen molar-refractivity contribution in [2.45, 2.75) is 38.6 Å². The van der Waals surface area contributed by atoms with Crippen molar-refractivity contribution in [3.8, 4) is 5.75 Å². The molecule has 1 saturated carbocycles. The molecule has 3 atom stereocenters. The molecule has 0 bridgehead atoms. The predicted octanol–water partition coefficient (Wildman–Crippen LogP) is 1.50. The SMILES string of the molecule is COc1ccc(Cl)cc1NC(=O)C[NH+](C)CC(=O)N[C@@H]1CCCC[C@@H]1C. The molecule has 2 rings (SSSR count). The molecule has 1 aliphatic carbocycles. The third-order valence-electron chi connectivity index (χ3n) is 4.82. The fourth-order valence-corrected chi connectivity index (χ4v) is 3.54. The van der Waals surface area contributed by atoms with Crippen LogP contribution in [0.2, 0.25) is 5.02 Å². The first-order valence-electron chi connectivity index (χ1n) is 9.13. The smallest absolute Gasteiger partial charge is 0.279 e. The van der Waals surface area contributed by atoms with Crippen LogP contribution in [0.3, 0.4) is 0 Å². The van der Waals surface area contributed by atoms with Crippen molar-refractivity contribution < 1.29 is 19.2 Å². The number of rotatable bonds is 7. The lowest BCUT2D eigenvalue weighted by Gasteiger charge is -2.29. The van der Waals surface area contributed by atoms with Crippen molar-refractivity contribution in [2.24, 2.45) is 5.92 Å². The summed E-state index contributed by atoms with van der Waals surface area (Å²) in [6.45, 7) is 2.64. The van der Waals surface area contributed by atoms with E-state index >= 15 is 0 Å². The molecule has 1 fully saturated rings. The first-order chi connectivity index (χ1) is 12.4. The number of halogens is 1. The van der Waals surface area contributed by atoms with E-state index in [1.807, 2.05) is 7.05 Å². The lowest BCUT2D eigenvalue weighted by molar-refractivity contribution is -0.862. The molecule has 7 heteroatoms. The average Bonchev–Trinajstić information content (AvgIpc) is 2.56. The van der Waals surface area contributed by atoms with Crippen LogP contribution in [0.4, 0.5) is 5.69 Å². The fourth-order valence-electron chi connectivity index (χ4n) is 3.37. The standard InChI is InChI=1S/C19H28ClN3O3/c1-13-6-4-5-7-15(13)21-18(24)11-23(2)12-19(25)22-16-10-14(20)8-9-17(16)26-3/h8-10,13,15H,4-7,11-12H2,1-3H3,(H,21,24)(H,22,25)/p+1/t13-,15+/m0/s1. The van der Waals surface area contributed by atoms with Gasteiger partial charge in [0.25, 0.3) is 11.8 Å². The Morgan fingerprint density at radius 2 is 1.92 bits per heavy atom. The summed E-state index contributed by atoms with van der Waals surface area (Å²) in [6, 6.07) is 5.30. The van der Waals surface area contributed by atoms with Gasteiger partial charge in [0.2, 0.25) is 0 Å². The molecule has 26 heavy (non-hydrogen) atoms. The molecular weight excluding hydrogens is 354 g/mol. The van der Waals surface area contributed by atoms with Crippen LogP contribution in [-0.2, 0) is 9.59 Å². The molecule has 6 nitrogen and oxygen atoms in total. The number of amides is 2. The van der Waals surface area contributed by atoms with Crippen LogP contribution in [0, 0.1) is 5.92 Å². The van der Waals surface area contributed by atoms with Crippen molar-refractivity contribution in [1.29, 1.82) is 0 Å². The van der Waals surface area contributed by atoms with Gasteiger partial charge in [-0.3, -0.25) is 9.59 Å². The van der Waals surface area contributed by atoms with E-state index in [1.165, 1.54) is 20.0 Å². The lowest BCUT2D eigenvalue weighted by atomic mass is 9.86. The van der Waals surface area contributed by atoms with Gasteiger partial charge in [-0.15, -0.1) is 0 Å². The normalized spacial score (nSPS) is 20.9. The Morgan fingerprint density at radius 1 is 1.23 bits per heavy atom. The minimum Gasteiger partial charge on any atom is -0.495 e. The number of likely N-dealkylation sites (N-methyl/N-ethyl adjacent to an activating group) is 1. The maximum Gasteiger partial charge on any atom is 0.279 e. The van der Waals surface area contributed by atoms with E-state index < -0.39 is 0 Å². The second kappa shape index (κ2) is 9.78. The predicted molar refractivity (Wildman–Crippen MR) is 103 cm³/mol. The first-order valence-corrected chi connectivity index (χ1v) is 9.51. The summed E-state index contributed by atoms with van der Waals surface area (Å²) >= 11 is 5.97. The molecule has 0 saturated heterocycles. The number of benzene rings is 1. The van der Waals surface area contributed by atoms with E-state index in [2.05, 4.69) is 17.6 Å². The molecule has 2 amide bonds. The van der Waals surface area contributed by atoms with E-state index in [0.29, 0.717) is 22.4 Å². The van der Waals surface area contributed by atoms with E-state index in [-0.39, 0.29) is 30.9 Å².